The molecule has 0 aromatic heterocycles. The van der Waals surface area contributed by atoms with Crippen LogP contribution >= 0.6 is 0 Å². The van der Waals surface area contributed by atoms with E-state index in [0.29, 0.717) is 0 Å². The highest BCUT2D eigenvalue weighted by atomic mass is 16.6. The standard InChI is InChI=1S/C14H22O2/c1-3-13(15)16-14(2)9-8-11-6-4-5-7-12(11)10-14/h3,11-12H,1,4-10H2,2H3/t11?,12?,14-/m1/s1. The minimum Gasteiger partial charge on any atom is -0.456 e. The van der Waals surface area contributed by atoms with Gasteiger partial charge in [-0.3, -0.25) is 0 Å². The fourth-order valence-electron chi connectivity index (χ4n) is 3.46. The fraction of sp³-hybridized carbons (Fsp3) is 0.786. The maximum absolute atomic E-state index is 11.3. The molecule has 2 fully saturated rings. The van der Waals surface area contributed by atoms with E-state index in [0.717, 1.165) is 24.7 Å². The lowest BCUT2D eigenvalue weighted by Crippen LogP contribution is -2.41. The normalized spacial score (nSPS) is 38.6. The molecule has 2 aliphatic rings. The van der Waals surface area contributed by atoms with Crippen LogP contribution in [-0.2, 0) is 9.53 Å². The summed E-state index contributed by atoms with van der Waals surface area (Å²) in [4.78, 5) is 11.3. The van der Waals surface area contributed by atoms with Gasteiger partial charge in [0.1, 0.15) is 5.60 Å². The van der Waals surface area contributed by atoms with E-state index in [2.05, 4.69) is 13.5 Å². The largest absolute Gasteiger partial charge is 0.456 e. The molecular weight excluding hydrogens is 200 g/mol. The Kier molecular flexibility index (Phi) is 3.36. The summed E-state index contributed by atoms with van der Waals surface area (Å²) >= 11 is 0. The zero-order valence-electron chi connectivity index (χ0n) is 10.2. The summed E-state index contributed by atoms with van der Waals surface area (Å²) in [5.41, 5.74) is -0.232. The van der Waals surface area contributed by atoms with E-state index in [4.69, 9.17) is 4.74 Å². The van der Waals surface area contributed by atoms with Crippen LogP contribution in [0.5, 0.6) is 0 Å². The molecule has 2 heteroatoms. The molecule has 0 N–H and O–H groups in total. The average Bonchev–Trinajstić information content (AvgIpc) is 2.28. The Bertz CT molecular complexity index is 284. The van der Waals surface area contributed by atoms with Gasteiger partial charge in [-0.2, -0.15) is 0 Å². The third-order valence-electron chi connectivity index (χ3n) is 4.32. The minimum absolute atomic E-state index is 0.232. The van der Waals surface area contributed by atoms with E-state index in [-0.39, 0.29) is 11.6 Å². The van der Waals surface area contributed by atoms with Gasteiger partial charge >= 0.3 is 5.97 Å². The zero-order valence-corrected chi connectivity index (χ0v) is 10.2. The van der Waals surface area contributed by atoms with Crippen LogP contribution in [0.1, 0.15) is 51.9 Å². The van der Waals surface area contributed by atoms with E-state index in [1.54, 1.807) is 0 Å². The molecule has 0 radical (unpaired) electrons. The number of rotatable bonds is 2. The van der Waals surface area contributed by atoms with Gasteiger partial charge in [0.05, 0.1) is 0 Å². The SMILES string of the molecule is C=CC(=O)O[C@]1(C)CCC2CCCCC2C1. The minimum atomic E-state index is -0.267. The van der Waals surface area contributed by atoms with Crippen LogP contribution < -0.4 is 0 Å². The van der Waals surface area contributed by atoms with Crippen molar-refractivity contribution in [2.24, 2.45) is 11.8 Å². The lowest BCUT2D eigenvalue weighted by Gasteiger charge is -2.44. The summed E-state index contributed by atoms with van der Waals surface area (Å²) in [5.74, 6) is 1.41. The van der Waals surface area contributed by atoms with Gasteiger partial charge < -0.3 is 4.74 Å². The molecule has 0 aromatic carbocycles. The number of hydrogen-bond acceptors (Lipinski definition) is 2. The quantitative estimate of drug-likeness (QED) is 0.528. The second-order valence-corrected chi connectivity index (χ2v) is 5.62. The van der Waals surface area contributed by atoms with Crippen LogP contribution in [0.2, 0.25) is 0 Å². The number of carbonyl (C=O) groups is 1. The third kappa shape index (κ3) is 2.47. The van der Waals surface area contributed by atoms with Crippen LogP contribution in [0.4, 0.5) is 0 Å². The molecule has 0 spiro atoms. The van der Waals surface area contributed by atoms with Gasteiger partial charge in [0, 0.05) is 6.08 Å². The second kappa shape index (κ2) is 4.60. The van der Waals surface area contributed by atoms with Gasteiger partial charge in [0.15, 0.2) is 0 Å². The van der Waals surface area contributed by atoms with Crippen LogP contribution in [-0.4, -0.2) is 11.6 Å². The van der Waals surface area contributed by atoms with Crippen molar-refractivity contribution in [2.75, 3.05) is 0 Å². The summed E-state index contributed by atoms with van der Waals surface area (Å²) in [6.45, 7) is 5.55. The Morgan fingerprint density at radius 1 is 1.31 bits per heavy atom. The summed E-state index contributed by atoms with van der Waals surface area (Å²) in [6.07, 6.45) is 10.0. The van der Waals surface area contributed by atoms with E-state index in [1.165, 1.54) is 38.2 Å². The topological polar surface area (TPSA) is 26.3 Å². The molecule has 0 heterocycles. The van der Waals surface area contributed by atoms with E-state index in [9.17, 15) is 4.79 Å². The molecule has 90 valence electrons. The van der Waals surface area contributed by atoms with E-state index in [1.807, 2.05) is 0 Å². The van der Waals surface area contributed by atoms with Crippen molar-refractivity contribution in [3.63, 3.8) is 0 Å². The predicted octanol–water partition coefficient (Wildman–Crippen LogP) is 3.46. The van der Waals surface area contributed by atoms with Crippen molar-refractivity contribution in [1.29, 1.82) is 0 Å². The van der Waals surface area contributed by atoms with Crippen molar-refractivity contribution in [2.45, 2.75) is 57.5 Å². The first kappa shape index (κ1) is 11.7. The molecule has 0 bridgehead atoms. The number of esters is 1. The van der Waals surface area contributed by atoms with Crippen LogP contribution in [0, 0.1) is 11.8 Å². The maximum Gasteiger partial charge on any atom is 0.330 e. The number of fused-ring (bicyclic) bond motifs is 1. The van der Waals surface area contributed by atoms with Crippen molar-refractivity contribution in [1.82, 2.24) is 0 Å². The Hall–Kier alpha value is -0.790. The first-order chi connectivity index (χ1) is 7.63. The Morgan fingerprint density at radius 3 is 2.69 bits per heavy atom. The molecule has 0 saturated heterocycles. The molecular formula is C14H22O2. The van der Waals surface area contributed by atoms with Crippen molar-refractivity contribution >= 4 is 5.97 Å². The van der Waals surface area contributed by atoms with E-state index >= 15 is 0 Å². The van der Waals surface area contributed by atoms with Gasteiger partial charge in [-0.15, -0.1) is 0 Å². The molecule has 16 heavy (non-hydrogen) atoms. The van der Waals surface area contributed by atoms with Gasteiger partial charge in [0.25, 0.3) is 0 Å². The Morgan fingerprint density at radius 2 is 2.00 bits per heavy atom. The van der Waals surface area contributed by atoms with Crippen molar-refractivity contribution in [3.8, 4) is 0 Å². The zero-order chi connectivity index (χ0) is 11.6. The smallest absolute Gasteiger partial charge is 0.330 e. The number of hydrogen-bond donors (Lipinski definition) is 0. The summed E-state index contributed by atoms with van der Waals surface area (Å²) in [7, 11) is 0. The van der Waals surface area contributed by atoms with Gasteiger partial charge in [0.2, 0.25) is 0 Å². The van der Waals surface area contributed by atoms with Gasteiger partial charge in [-0.25, -0.2) is 4.79 Å². The van der Waals surface area contributed by atoms with Gasteiger partial charge in [-0.05, 0) is 38.0 Å². The first-order valence-corrected chi connectivity index (χ1v) is 6.48. The second-order valence-electron chi connectivity index (χ2n) is 5.62. The molecule has 0 amide bonds. The van der Waals surface area contributed by atoms with Crippen LogP contribution in [0.15, 0.2) is 12.7 Å². The Balaban J connectivity index is 1.97. The van der Waals surface area contributed by atoms with Crippen LogP contribution in [0.3, 0.4) is 0 Å². The lowest BCUT2D eigenvalue weighted by molar-refractivity contribution is -0.158. The number of ether oxygens (including phenoxy) is 1. The van der Waals surface area contributed by atoms with Crippen molar-refractivity contribution < 1.29 is 9.53 Å². The molecule has 2 aliphatic carbocycles. The van der Waals surface area contributed by atoms with Gasteiger partial charge in [-0.1, -0.05) is 32.3 Å². The van der Waals surface area contributed by atoms with E-state index < -0.39 is 0 Å². The van der Waals surface area contributed by atoms with Crippen LogP contribution in [0.25, 0.3) is 0 Å². The predicted molar refractivity (Wildman–Crippen MR) is 64.0 cm³/mol. The fourth-order valence-corrected chi connectivity index (χ4v) is 3.46. The summed E-state index contributed by atoms with van der Waals surface area (Å²) < 4.78 is 5.52. The molecule has 0 aromatic rings. The molecule has 2 saturated carbocycles. The molecule has 3 atom stereocenters. The first-order valence-electron chi connectivity index (χ1n) is 6.48. The summed E-state index contributed by atoms with van der Waals surface area (Å²) in [6, 6.07) is 0. The molecule has 0 aliphatic heterocycles. The monoisotopic (exact) mass is 222 g/mol. The highest BCUT2D eigenvalue weighted by Gasteiger charge is 2.40. The lowest BCUT2D eigenvalue weighted by atomic mass is 9.66. The maximum atomic E-state index is 11.3. The molecule has 2 rings (SSSR count). The molecule has 2 nitrogen and oxygen atoms in total. The summed E-state index contributed by atoms with van der Waals surface area (Å²) in [5, 5.41) is 0. The third-order valence-corrected chi connectivity index (χ3v) is 4.32. The number of carbonyl (C=O) groups excluding carboxylic acids is 1. The average molecular weight is 222 g/mol. The highest BCUT2D eigenvalue weighted by Crippen LogP contribution is 2.45. The Labute approximate surface area is 98.1 Å². The van der Waals surface area contributed by atoms with Crippen molar-refractivity contribution in [3.05, 3.63) is 12.7 Å². The highest BCUT2D eigenvalue weighted by molar-refractivity contribution is 5.81. The molecule has 2 unspecified atom stereocenters.